The number of hydrogen-bond donors (Lipinski definition) is 0. The van der Waals surface area contributed by atoms with Crippen molar-refractivity contribution in [2.24, 2.45) is 5.41 Å². The molecule has 97 heavy (non-hydrogen) atoms. The van der Waals surface area contributed by atoms with Gasteiger partial charge in [0.1, 0.15) is 0 Å². The SMILES string of the molecule is CC(C)(C)C.CC(C)=C(C)C.Cc1cc(C)c(C)c(C)c1.Cc1cc(C)c(C)cc1C.Cc1cc(C)c2c(C)ccc(C)c2c1.Cc1cc(C)c2c(C)cccc2c1C.Cc1ccc(C)c(C)c1C.Cc1ccc2c(C)c(C)c(C)cc2c1.Cc1ccc2c(C)c(C)ccc2c1C. The Morgan fingerprint density at radius 3 is 0.959 bits per heavy atom. The minimum atomic E-state index is 0.500. The van der Waals surface area contributed by atoms with Gasteiger partial charge in [-0.15, -0.1) is 0 Å². The van der Waals surface area contributed by atoms with Crippen molar-refractivity contribution >= 4 is 43.1 Å². The Bertz CT molecular complexity index is 4340. The van der Waals surface area contributed by atoms with Gasteiger partial charge in [0.25, 0.3) is 0 Å². The van der Waals surface area contributed by atoms with Gasteiger partial charge in [-0.3, -0.25) is 0 Å². The fraction of sp³-hybridized carbons (Fsp3) is 0.381. The Kier molecular flexibility index (Phi) is 32.0. The van der Waals surface area contributed by atoms with Gasteiger partial charge in [0.2, 0.25) is 0 Å². The lowest BCUT2D eigenvalue weighted by molar-refractivity contribution is 0.469. The maximum Gasteiger partial charge on any atom is -0.0123 e. The van der Waals surface area contributed by atoms with E-state index in [1.165, 1.54) is 210 Å². The maximum absolute atomic E-state index is 2.28. The molecular weight excluding hydrogens is 1170 g/mol. The zero-order valence-electron chi connectivity index (χ0n) is 68.2. The van der Waals surface area contributed by atoms with Gasteiger partial charge >= 0.3 is 0 Å². The molecular formula is C97H130. The van der Waals surface area contributed by atoms with E-state index in [2.05, 4.69) is 383 Å². The molecule has 0 aliphatic heterocycles. The van der Waals surface area contributed by atoms with E-state index in [0.717, 1.165) is 0 Å². The summed E-state index contributed by atoms with van der Waals surface area (Å²) in [5, 5.41) is 11.2. The zero-order chi connectivity index (χ0) is 74.0. The van der Waals surface area contributed by atoms with E-state index in [1.54, 1.807) is 0 Å². The number of aryl methyl sites for hydroxylation is 24. The lowest BCUT2D eigenvalue weighted by atomic mass is 9.94. The first-order valence-electron chi connectivity index (χ1n) is 35.5. The van der Waals surface area contributed by atoms with Gasteiger partial charge in [-0.05, 0) is 409 Å². The quantitative estimate of drug-likeness (QED) is 0.133. The van der Waals surface area contributed by atoms with Crippen molar-refractivity contribution in [1.29, 1.82) is 0 Å². The summed E-state index contributed by atoms with van der Waals surface area (Å²) < 4.78 is 0. The Balaban J connectivity index is 0.000000289. The molecule has 11 aromatic rings. The highest BCUT2D eigenvalue weighted by molar-refractivity contribution is 5.93. The monoisotopic (exact) mass is 1300 g/mol. The molecule has 0 aromatic heterocycles. The molecule has 0 aliphatic rings. The van der Waals surface area contributed by atoms with E-state index in [1.807, 2.05) is 0 Å². The van der Waals surface area contributed by atoms with Crippen LogP contribution in [0.25, 0.3) is 43.1 Å². The second-order valence-corrected chi connectivity index (χ2v) is 30.6. The minimum absolute atomic E-state index is 0.500. The number of fused-ring (bicyclic) bond motifs is 4. The highest BCUT2D eigenvalue weighted by Crippen LogP contribution is 2.31. The van der Waals surface area contributed by atoms with Gasteiger partial charge < -0.3 is 0 Å². The summed E-state index contributed by atoms with van der Waals surface area (Å²) >= 11 is 0. The molecule has 0 amide bonds. The molecule has 0 N–H and O–H groups in total. The molecule has 0 unspecified atom stereocenters. The van der Waals surface area contributed by atoms with Gasteiger partial charge in [-0.2, -0.15) is 0 Å². The van der Waals surface area contributed by atoms with Crippen molar-refractivity contribution in [3.63, 3.8) is 0 Å². The van der Waals surface area contributed by atoms with Crippen LogP contribution in [0.4, 0.5) is 0 Å². The Morgan fingerprint density at radius 1 is 0.196 bits per heavy atom. The molecule has 518 valence electrons. The second kappa shape index (κ2) is 37.2. The first kappa shape index (κ1) is 83.4. The first-order valence-corrected chi connectivity index (χ1v) is 35.5. The van der Waals surface area contributed by atoms with E-state index in [0.29, 0.717) is 5.41 Å². The third-order valence-electron chi connectivity index (χ3n) is 19.9. The van der Waals surface area contributed by atoms with E-state index in [-0.39, 0.29) is 0 Å². The fourth-order valence-corrected chi connectivity index (χ4v) is 11.8. The van der Waals surface area contributed by atoms with Crippen molar-refractivity contribution in [2.45, 2.75) is 249 Å². The molecule has 0 aliphatic carbocycles. The highest BCUT2D eigenvalue weighted by atomic mass is 14.1. The van der Waals surface area contributed by atoms with Crippen LogP contribution in [0.1, 0.15) is 211 Å². The lowest BCUT2D eigenvalue weighted by Crippen LogP contribution is -1.93. The number of rotatable bonds is 0. The van der Waals surface area contributed by atoms with Gasteiger partial charge in [0, 0.05) is 0 Å². The molecule has 0 bridgehead atoms. The van der Waals surface area contributed by atoms with Gasteiger partial charge in [0.15, 0.2) is 0 Å². The lowest BCUT2D eigenvalue weighted by Gasteiger charge is -2.11. The van der Waals surface area contributed by atoms with E-state index in [4.69, 9.17) is 0 Å². The minimum Gasteiger partial charge on any atom is -0.0778 e. The number of allylic oxidation sites excluding steroid dienone is 2. The molecule has 0 nitrogen and oxygen atoms in total. The molecule has 0 radical (unpaired) electrons. The van der Waals surface area contributed by atoms with Gasteiger partial charge in [-0.1, -0.05) is 189 Å². The second-order valence-electron chi connectivity index (χ2n) is 30.6. The van der Waals surface area contributed by atoms with Crippen LogP contribution < -0.4 is 0 Å². The highest BCUT2D eigenvalue weighted by Gasteiger charge is 2.09. The van der Waals surface area contributed by atoms with Crippen molar-refractivity contribution in [3.05, 3.63) is 300 Å². The summed E-state index contributed by atoms with van der Waals surface area (Å²) in [6, 6.07) is 48.9. The van der Waals surface area contributed by atoms with E-state index in [9.17, 15) is 0 Å². The van der Waals surface area contributed by atoms with Crippen LogP contribution in [0.2, 0.25) is 0 Å². The predicted octanol–water partition coefficient (Wildman–Crippen LogP) is 29.5. The van der Waals surface area contributed by atoms with Crippen LogP contribution in [0.15, 0.2) is 145 Å². The van der Waals surface area contributed by atoms with Crippen LogP contribution >= 0.6 is 0 Å². The summed E-state index contributed by atoms with van der Waals surface area (Å²) in [6.07, 6.45) is 0. The Labute approximate surface area is 594 Å². The normalized spacial score (nSPS) is 10.5. The van der Waals surface area contributed by atoms with Crippen LogP contribution in [-0.4, -0.2) is 0 Å². The summed E-state index contributed by atoms with van der Waals surface area (Å²) in [5.74, 6) is 0. The maximum atomic E-state index is 2.28. The van der Waals surface area contributed by atoms with Crippen LogP contribution in [0, 0.1) is 199 Å². The van der Waals surface area contributed by atoms with Crippen LogP contribution in [-0.2, 0) is 0 Å². The Morgan fingerprint density at radius 2 is 0.505 bits per heavy atom. The summed E-state index contributed by atoms with van der Waals surface area (Å²) in [4.78, 5) is 0. The summed E-state index contributed by atoms with van der Waals surface area (Å²) in [6.45, 7) is 78.1. The third kappa shape index (κ3) is 24.6. The number of benzene rings is 11. The third-order valence-corrected chi connectivity index (χ3v) is 19.9. The van der Waals surface area contributed by atoms with Gasteiger partial charge in [-0.25, -0.2) is 0 Å². The molecule has 0 saturated carbocycles. The van der Waals surface area contributed by atoms with Crippen molar-refractivity contribution in [1.82, 2.24) is 0 Å². The summed E-state index contributed by atoms with van der Waals surface area (Å²) in [5.41, 5.74) is 42.3. The fourth-order valence-electron chi connectivity index (χ4n) is 11.8. The Hall–Kier alpha value is -7.80. The van der Waals surface area contributed by atoms with Gasteiger partial charge in [0.05, 0.1) is 0 Å². The zero-order valence-corrected chi connectivity index (χ0v) is 68.2. The van der Waals surface area contributed by atoms with Crippen molar-refractivity contribution in [2.75, 3.05) is 0 Å². The molecule has 0 fully saturated rings. The van der Waals surface area contributed by atoms with Crippen LogP contribution in [0.5, 0.6) is 0 Å². The molecule has 0 spiro atoms. The largest absolute Gasteiger partial charge is 0.0778 e. The summed E-state index contributed by atoms with van der Waals surface area (Å²) in [7, 11) is 0. The molecule has 0 heterocycles. The van der Waals surface area contributed by atoms with Crippen molar-refractivity contribution in [3.8, 4) is 0 Å². The first-order chi connectivity index (χ1) is 44.9. The standard InChI is InChI=1S/4C14H16.3C10H14.C6H12.C5H12/c1-9-5-7-14-12(4)10(2)6-8-13(14)11(9)3;1-9-7-12(4)14-11(3)6-5-10(2)13(14)8-9;1-9-5-6-14-12(4)11(3)10(2)8-13(14)7-9;1-9-6-5-7-13-12(4)10(2)8-11(3)14(9)13;1-7-5-9(3)10(4)6-8(7)2;1-7-5-8(2)10(4)9(3)6-7;1-7-5-6-8(2)10(4)9(7)3;1-5(2)6(3)4;1-5(2,3)4/h4*5-8H,1-4H3;3*5-6H,1-4H3;1-4H3;1-4H3. The average Bonchev–Trinajstić information content (AvgIpc) is 0.850. The average molecular weight is 1300 g/mol. The molecule has 11 rings (SSSR count). The smallest absolute Gasteiger partial charge is 0.0123 e. The molecule has 0 heteroatoms. The number of hydrogen-bond acceptors (Lipinski definition) is 0. The van der Waals surface area contributed by atoms with Crippen molar-refractivity contribution < 1.29 is 0 Å². The predicted molar refractivity (Wildman–Crippen MR) is 443 cm³/mol. The topological polar surface area (TPSA) is 0 Å². The molecule has 0 saturated heterocycles. The van der Waals surface area contributed by atoms with E-state index < -0.39 is 0 Å². The molecule has 11 aromatic carbocycles. The molecule has 0 atom stereocenters. The van der Waals surface area contributed by atoms with Crippen LogP contribution in [0.3, 0.4) is 0 Å². The van der Waals surface area contributed by atoms with E-state index >= 15 is 0 Å².